The summed E-state index contributed by atoms with van der Waals surface area (Å²) in [6, 6.07) is 17.2. The summed E-state index contributed by atoms with van der Waals surface area (Å²) in [6.07, 6.45) is 1.72. The number of carbonyl (C=O) groups excluding carboxylic acids is 2. The molecule has 2 aromatic carbocycles. The second kappa shape index (κ2) is 10.7. The molecular formula is C33H37F2N5O3. The summed E-state index contributed by atoms with van der Waals surface area (Å²) in [6.45, 7) is 5.59. The highest BCUT2D eigenvalue weighted by molar-refractivity contribution is 6.06. The van der Waals surface area contributed by atoms with Crippen LogP contribution in [-0.2, 0) is 40.9 Å². The number of anilines is 2. The number of nitrogens with one attached hydrogen (secondary N) is 2. The molecule has 2 atom stereocenters. The summed E-state index contributed by atoms with van der Waals surface area (Å²) in [5.41, 5.74) is 4.06. The van der Waals surface area contributed by atoms with Gasteiger partial charge in [0.05, 0.1) is 25.0 Å². The van der Waals surface area contributed by atoms with Crippen molar-refractivity contribution in [1.29, 1.82) is 0 Å². The first-order valence-electron chi connectivity index (χ1n) is 14.6. The molecule has 10 heteroatoms. The standard InChI is InChI=1S/C33H37F2N5O3/c1-31(2,3)30(43)40(17-23-8-5-4-7-22(23)16-39-19-33(34,35)20-39)18-27(41)37-25-11-10-21-14-32(15-24(21)13-25)26-9-6-12-36-28(26)38-29(32)42/h4-13,27,37,41H,14-20H2,1-3H3,(H,36,38,42). The number of carbonyl (C=O) groups is 2. The van der Waals surface area contributed by atoms with Gasteiger partial charge in [-0.15, -0.1) is 0 Å². The van der Waals surface area contributed by atoms with E-state index in [2.05, 4.69) is 15.6 Å². The minimum atomic E-state index is -2.65. The molecular weight excluding hydrogens is 552 g/mol. The maximum absolute atomic E-state index is 13.5. The normalized spacial score (nSPS) is 21.1. The van der Waals surface area contributed by atoms with E-state index in [1.807, 2.05) is 75.4 Å². The Balaban J connectivity index is 1.16. The predicted molar refractivity (Wildman–Crippen MR) is 160 cm³/mol. The molecule has 6 rings (SSSR count). The van der Waals surface area contributed by atoms with Gasteiger partial charge in [0.1, 0.15) is 12.0 Å². The number of aliphatic hydroxyl groups excluding tert-OH is 1. The number of hydrogen-bond donors (Lipinski definition) is 3. The fraction of sp³-hybridized carbons (Fsp3) is 0.424. The Labute approximate surface area is 250 Å². The average molecular weight is 590 g/mol. The Kier molecular flexibility index (Phi) is 7.25. The molecule has 43 heavy (non-hydrogen) atoms. The minimum absolute atomic E-state index is 0.0225. The van der Waals surface area contributed by atoms with Crippen molar-refractivity contribution in [3.8, 4) is 0 Å². The van der Waals surface area contributed by atoms with Crippen molar-refractivity contribution in [2.75, 3.05) is 30.3 Å². The van der Waals surface area contributed by atoms with Crippen molar-refractivity contribution in [2.45, 2.75) is 64.3 Å². The van der Waals surface area contributed by atoms with Crippen LogP contribution in [0.25, 0.3) is 0 Å². The zero-order chi connectivity index (χ0) is 30.6. The van der Waals surface area contributed by atoms with Gasteiger partial charge in [0.2, 0.25) is 11.8 Å². The highest BCUT2D eigenvalue weighted by Crippen LogP contribution is 2.47. The second-order valence-corrected chi connectivity index (χ2v) is 13.1. The van der Waals surface area contributed by atoms with Crippen molar-refractivity contribution in [3.63, 3.8) is 0 Å². The molecule has 0 bridgehead atoms. The molecule has 0 saturated carbocycles. The van der Waals surface area contributed by atoms with E-state index in [4.69, 9.17) is 0 Å². The third-order valence-corrected chi connectivity index (χ3v) is 8.62. The molecule has 1 aromatic heterocycles. The number of hydrogen-bond acceptors (Lipinski definition) is 6. The van der Waals surface area contributed by atoms with E-state index in [1.165, 1.54) is 0 Å². The van der Waals surface area contributed by atoms with E-state index < -0.39 is 23.0 Å². The number of amides is 2. The van der Waals surface area contributed by atoms with Crippen LogP contribution in [-0.4, -0.2) is 63.5 Å². The number of alkyl halides is 2. The number of fused-ring (bicyclic) bond motifs is 3. The summed E-state index contributed by atoms with van der Waals surface area (Å²) in [5.74, 6) is -2.22. The van der Waals surface area contributed by atoms with Gasteiger partial charge in [-0.2, -0.15) is 0 Å². The average Bonchev–Trinajstić information content (AvgIpc) is 3.44. The van der Waals surface area contributed by atoms with E-state index >= 15 is 0 Å². The van der Waals surface area contributed by atoms with Crippen LogP contribution < -0.4 is 10.6 Å². The van der Waals surface area contributed by atoms with Crippen LogP contribution in [0.1, 0.15) is 48.6 Å². The Morgan fingerprint density at radius 3 is 2.53 bits per heavy atom. The number of nitrogens with zero attached hydrogens (tertiary/aromatic N) is 3. The van der Waals surface area contributed by atoms with E-state index in [-0.39, 0.29) is 38.0 Å². The molecule has 3 aliphatic rings. The van der Waals surface area contributed by atoms with Crippen molar-refractivity contribution in [1.82, 2.24) is 14.8 Å². The molecule has 3 aromatic rings. The van der Waals surface area contributed by atoms with Crippen LogP contribution in [0.15, 0.2) is 60.8 Å². The predicted octanol–water partition coefficient (Wildman–Crippen LogP) is 4.33. The van der Waals surface area contributed by atoms with Gasteiger partial charge in [-0.3, -0.25) is 14.5 Å². The Morgan fingerprint density at radius 1 is 1.09 bits per heavy atom. The number of likely N-dealkylation sites (tertiary alicyclic amines) is 1. The first kappa shape index (κ1) is 29.2. The Hall–Kier alpha value is -3.89. The molecule has 8 nitrogen and oxygen atoms in total. The second-order valence-electron chi connectivity index (χ2n) is 13.1. The molecule has 2 amide bonds. The molecule has 3 N–H and O–H groups in total. The van der Waals surface area contributed by atoms with Crippen molar-refractivity contribution in [2.24, 2.45) is 5.41 Å². The highest BCUT2D eigenvalue weighted by atomic mass is 19.3. The van der Waals surface area contributed by atoms with Crippen LogP contribution in [0.5, 0.6) is 0 Å². The first-order chi connectivity index (χ1) is 20.3. The fourth-order valence-electron chi connectivity index (χ4n) is 6.53. The maximum Gasteiger partial charge on any atom is 0.272 e. The number of pyridine rings is 1. The molecule has 3 heterocycles. The lowest BCUT2D eigenvalue weighted by atomic mass is 9.79. The topological polar surface area (TPSA) is 97.8 Å². The van der Waals surface area contributed by atoms with Crippen LogP contribution in [0.4, 0.5) is 20.3 Å². The number of aromatic nitrogens is 1. The van der Waals surface area contributed by atoms with Crippen LogP contribution >= 0.6 is 0 Å². The summed E-state index contributed by atoms with van der Waals surface area (Å²) in [5, 5.41) is 17.2. The van der Waals surface area contributed by atoms with Gasteiger partial charge in [-0.05, 0) is 53.3 Å². The molecule has 2 unspecified atom stereocenters. The lowest BCUT2D eigenvalue weighted by Crippen LogP contribution is -2.55. The van der Waals surface area contributed by atoms with Gasteiger partial charge in [0.15, 0.2) is 0 Å². The van der Waals surface area contributed by atoms with Gasteiger partial charge in [-0.25, -0.2) is 13.8 Å². The Morgan fingerprint density at radius 2 is 1.81 bits per heavy atom. The number of benzene rings is 2. The van der Waals surface area contributed by atoms with E-state index in [0.717, 1.165) is 27.8 Å². The maximum atomic E-state index is 13.5. The van der Waals surface area contributed by atoms with Gasteiger partial charge < -0.3 is 20.6 Å². The molecule has 0 radical (unpaired) electrons. The lowest BCUT2D eigenvalue weighted by Gasteiger charge is -2.39. The quantitative estimate of drug-likeness (QED) is 0.339. The van der Waals surface area contributed by atoms with Gasteiger partial charge in [0.25, 0.3) is 5.92 Å². The van der Waals surface area contributed by atoms with Gasteiger partial charge in [-0.1, -0.05) is 57.2 Å². The summed E-state index contributed by atoms with van der Waals surface area (Å²) < 4.78 is 26.9. The van der Waals surface area contributed by atoms with Gasteiger partial charge in [0, 0.05) is 36.0 Å². The smallest absolute Gasteiger partial charge is 0.272 e. The minimum Gasteiger partial charge on any atom is -0.372 e. The monoisotopic (exact) mass is 589 g/mol. The van der Waals surface area contributed by atoms with E-state index in [1.54, 1.807) is 16.0 Å². The third kappa shape index (κ3) is 5.73. The highest BCUT2D eigenvalue weighted by Gasteiger charge is 2.51. The number of aliphatic hydroxyl groups is 1. The fourth-order valence-corrected chi connectivity index (χ4v) is 6.53. The number of rotatable bonds is 8. The largest absolute Gasteiger partial charge is 0.372 e. The summed E-state index contributed by atoms with van der Waals surface area (Å²) in [4.78, 5) is 34.2. The van der Waals surface area contributed by atoms with Gasteiger partial charge >= 0.3 is 0 Å². The van der Waals surface area contributed by atoms with Crippen molar-refractivity contribution < 1.29 is 23.5 Å². The molecule has 226 valence electrons. The van der Waals surface area contributed by atoms with Crippen LogP contribution in [0.2, 0.25) is 0 Å². The van der Waals surface area contributed by atoms with E-state index in [9.17, 15) is 23.5 Å². The SMILES string of the molecule is CC(C)(C)C(=O)N(Cc1ccccc1CN1CC(F)(F)C1)CC(O)Nc1ccc2c(c1)CC1(C2)C(=O)Nc2ncccc21. The zero-order valence-electron chi connectivity index (χ0n) is 24.7. The Bertz CT molecular complexity index is 1560. The summed E-state index contributed by atoms with van der Waals surface area (Å²) in [7, 11) is 0. The molecule has 2 aliphatic heterocycles. The van der Waals surface area contributed by atoms with Crippen LogP contribution in [0.3, 0.4) is 0 Å². The van der Waals surface area contributed by atoms with E-state index in [0.29, 0.717) is 30.9 Å². The third-order valence-electron chi connectivity index (χ3n) is 8.62. The van der Waals surface area contributed by atoms with Crippen molar-refractivity contribution >= 4 is 23.3 Å². The zero-order valence-corrected chi connectivity index (χ0v) is 24.7. The molecule has 1 fully saturated rings. The number of halogens is 2. The van der Waals surface area contributed by atoms with Crippen LogP contribution in [0, 0.1) is 5.41 Å². The molecule has 1 aliphatic carbocycles. The summed E-state index contributed by atoms with van der Waals surface area (Å²) >= 11 is 0. The van der Waals surface area contributed by atoms with Crippen molar-refractivity contribution in [3.05, 3.63) is 88.6 Å². The molecule has 1 saturated heterocycles. The lowest BCUT2D eigenvalue weighted by molar-refractivity contribution is -0.141. The first-order valence-corrected chi connectivity index (χ1v) is 14.6. The molecule has 1 spiro atoms.